The molecule has 1 amide bonds. The van der Waals surface area contributed by atoms with Crippen LogP contribution in [0.15, 0.2) is 12.3 Å². The molecule has 1 aromatic heterocycles. The lowest BCUT2D eigenvalue weighted by Crippen LogP contribution is -2.36. The molecule has 0 aliphatic rings. The van der Waals surface area contributed by atoms with E-state index in [4.69, 9.17) is 21.1 Å². The molecule has 0 atom stereocenters. The fourth-order valence-corrected chi connectivity index (χ4v) is 1.89. The van der Waals surface area contributed by atoms with Gasteiger partial charge in [0.25, 0.3) is 5.91 Å². The van der Waals surface area contributed by atoms with Crippen LogP contribution in [0.25, 0.3) is 0 Å². The summed E-state index contributed by atoms with van der Waals surface area (Å²) >= 11 is 5.71. The molecule has 0 aliphatic heterocycles. The van der Waals surface area contributed by atoms with Crippen LogP contribution in [0.3, 0.4) is 0 Å². The molecular formula is C12H16ClN3O5. The van der Waals surface area contributed by atoms with Crippen LogP contribution >= 0.6 is 11.6 Å². The Bertz CT molecular complexity index is 504. The Hall–Kier alpha value is -1.77. The second kappa shape index (κ2) is 8.50. The molecule has 21 heavy (non-hydrogen) atoms. The number of hydrogen-bond donors (Lipinski definition) is 0. The molecule has 116 valence electrons. The number of aromatic nitrogens is 1. The van der Waals surface area contributed by atoms with Gasteiger partial charge in [-0.2, -0.15) is 0 Å². The number of nitrogens with zero attached hydrogens (tertiary/aromatic N) is 3. The Morgan fingerprint density at radius 1 is 1.38 bits per heavy atom. The standard InChI is InChI=1S/C12H16ClN3O5/c1-20-7-5-15(6-8-21-2)12(17)9-3-4-14-11(13)10(9)16(18)19/h3-4H,5-8H2,1-2H3. The van der Waals surface area contributed by atoms with Crippen LogP contribution in [0.4, 0.5) is 5.69 Å². The third-order valence-corrected chi connectivity index (χ3v) is 2.99. The number of pyridine rings is 1. The predicted octanol–water partition coefficient (Wildman–Crippen LogP) is 1.38. The second-order valence-electron chi connectivity index (χ2n) is 4.03. The number of carbonyl (C=O) groups excluding carboxylic acids is 1. The molecule has 1 heterocycles. The lowest BCUT2D eigenvalue weighted by atomic mass is 10.2. The van der Waals surface area contributed by atoms with Crippen LogP contribution in [0.5, 0.6) is 0 Å². The highest BCUT2D eigenvalue weighted by molar-refractivity contribution is 6.32. The van der Waals surface area contributed by atoms with Gasteiger partial charge in [-0.3, -0.25) is 14.9 Å². The largest absolute Gasteiger partial charge is 0.383 e. The number of halogens is 1. The van der Waals surface area contributed by atoms with Crippen molar-refractivity contribution in [3.63, 3.8) is 0 Å². The Morgan fingerprint density at radius 2 is 1.95 bits per heavy atom. The van der Waals surface area contributed by atoms with Crippen LogP contribution in [0.1, 0.15) is 10.4 Å². The van der Waals surface area contributed by atoms with Crippen molar-refractivity contribution < 1.29 is 19.2 Å². The van der Waals surface area contributed by atoms with Gasteiger partial charge in [0.2, 0.25) is 5.15 Å². The molecule has 0 saturated carbocycles. The van der Waals surface area contributed by atoms with E-state index < -0.39 is 16.5 Å². The zero-order valence-electron chi connectivity index (χ0n) is 11.7. The SMILES string of the molecule is COCCN(CCOC)C(=O)c1ccnc(Cl)c1[N+](=O)[O-]. The van der Waals surface area contributed by atoms with Gasteiger partial charge in [-0.25, -0.2) is 4.98 Å². The van der Waals surface area contributed by atoms with Crippen molar-refractivity contribution in [3.05, 3.63) is 33.1 Å². The Balaban J connectivity index is 3.07. The Kier molecular flexibility index (Phi) is 7.00. The minimum absolute atomic E-state index is 0.104. The van der Waals surface area contributed by atoms with E-state index in [9.17, 15) is 14.9 Å². The number of ether oxygens (including phenoxy) is 2. The highest BCUT2D eigenvalue weighted by Crippen LogP contribution is 2.27. The van der Waals surface area contributed by atoms with E-state index in [1.54, 1.807) is 0 Å². The molecule has 8 nitrogen and oxygen atoms in total. The maximum atomic E-state index is 12.5. The highest BCUT2D eigenvalue weighted by Gasteiger charge is 2.27. The maximum absolute atomic E-state index is 12.5. The molecule has 1 rings (SSSR count). The van der Waals surface area contributed by atoms with Gasteiger partial charge in [0, 0.05) is 33.5 Å². The zero-order valence-corrected chi connectivity index (χ0v) is 12.5. The molecule has 0 radical (unpaired) electrons. The Morgan fingerprint density at radius 3 is 2.43 bits per heavy atom. The van der Waals surface area contributed by atoms with Gasteiger partial charge in [0.15, 0.2) is 0 Å². The molecule has 0 bridgehead atoms. The van der Waals surface area contributed by atoms with Gasteiger partial charge in [-0.15, -0.1) is 0 Å². The van der Waals surface area contributed by atoms with E-state index in [0.29, 0.717) is 13.2 Å². The van der Waals surface area contributed by atoms with Crippen molar-refractivity contribution in [3.8, 4) is 0 Å². The first-order valence-electron chi connectivity index (χ1n) is 6.09. The molecule has 9 heteroatoms. The average Bonchev–Trinajstić information content (AvgIpc) is 2.46. The third-order valence-electron chi connectivity index (χ3n) is 2.71. The molecule has 0 spiro atoms. The first-order valence-corrected chi connectivity index (χ1v) is 6.46. The van der Waals surface area contributed by atoms with Crippen molar-refractivity contribution in [1.82, 2.24) is 9.88 Å². The second-order valence-corrected chi connectivity index (χ2v) is 4.39. The van der Waals surface area contributed by atoms with Crippen molar-refractivity contribution >= 4 is 23.2 Å². The van der Waals surface area contributed by atoms with E-state index in [2.05, 4.69) is 4.98 Å². The fraction of sp³-hybridized carbons (Fsp3) is 0.500. The average molecular weight is 318 g/mol. The van der Waals surface area contributed by atoms with Crippen LogP contribution in [-0.2, 0) is 9.47 Å². The van der Waals surface area contributed by atoms with Gasteiger partial charge in [0.05, 0.1) is 18.1 Å². The minimum Gasteiger partial charge on any atom is -0.383 e. The summed E-state index contributed by atoms with van der Waals surface area (Å²) in [5, 5.41) is 10.7. The van der Waals surface area contributed by atoms with Gasteiger partial charge in [0.1, 0.15) is 5.56 Å². The van der Waals surface area contributed by atoms with Crippen molar-refractivity contribution in [1.29, 1.82) is 0 Å². The number of amides is 1. The summed E-state index contributed by atoms with van der Waals surface area (Å²) in [6.07, 6.45) is 1.26. The zero-order chi connectivity index (χ0) is 15.8. The molecule has 1 aromatic rings. The van der Waals surface area contributed by atoms with Crippen molar-refractivity contribution in [2.24, 2.45) is 0 Å². The summed E-state index contributed by atoms with van der Waals surface area (Å²) in [5.41, 5.74) is -0.601. The molecule has 0 aromatic carbocycles. The van der Waals surface area contributed by atoms with E-state index in [1.165, 1.54) is 31.4 Å². The maximum Gasteiger partial charge on any atom is 0.319 e. The van der Waals surface area contributed by atoms with Crippen LogP contribution in [0.2, 0.25) is 5.15 Å². The minimum atomic E-state index is -0.715. The van der Waals surface area contributed by atoms with Crippen LogP contribution < -0.4 is 0 Å². The molecule has 0 N–H and O–H groups in total. The van der Waals surface area contributed by atoms with E-state index in [0.717, 1.165) is 0 Å². The number of hydrogen-bond acceptors (Lipinski definition) is 6. The summed E-state index contributed by atoms with van der Waals surface area (Å²) in [5.74, 6) is -0.514. The first kappa shape index (κ1) is 17.3. The molecule has 0 fully saturated rings. The summed E-state index contributed by atoms with van der Waals surface area (Å²) in [6.45, 7) is 1.19. The summed E-state index contributed by atoms with van der Waals surface area (Å²) in [7, 11) is 3.01. The number of methoxy groups -OCH3 is 2. The van der Waals surface area contributed by atoms with Crippen LogP contribution in [-0.4, -0.2) is 61.2 Å². The van der Waals surface area contributed by atoms with Gasteiger partial charge < -0.3 is 14.4 Å². The molecule has 0 saturated heterocycles. The molecule has 0 aliphatic carbocycles. The third kappa shape index (κ3) is 4.62. The van der Waals surface area contributed by atoms with E-state index in [-0.39, 0.29) is 23.8 Å². The number of carbonyl (C=O) groups is 1. The lowest BCUT2D eigenvalue weighted by molar-refractivity contribution is -0.385. The Labute approximate surface area is 126 Å². The summed E-state index contributed by atoms with van der Waals surface area (Å²) < 4.78 is 9.87. The van der Waals surface area contributed by atoms with Crippen molar-refractivity contribution in [2.75, 3.05) is 40.5 Å². The predicted molar refractivity (Wildman–Crippen MR) is 75.6 cm³/mol. The summed E-state index contributed by atoms with van der Waals surface area (Å²) in [6, 6.07) is 1.28. The number of rotatable bonds is 8. The monoisotopic (exact) mass is 317 g/mol. The molecule has 0 unspecified atom stereocenters. The van der Waals surface area contributed by atoms with E-state index in [1.807, 2.05) is 0 Å². The quantitative estimate of drug-likeness (QED) is 0.408. The van der Waals surface area contributed by atoms with Crippen molar-refractivity contribution in [2.45, 2.75) is 0 Å². The highest BCUT2D eigenvalue weighted by atomic mass is 35.5. The fourth-order valence-electron chi connectivity index (χ4n) is 1.66. The first-order chi connectivity index (χ1) is 10.0. The lowest BCUT2D eigenvalue weighted by Gasteiger charge is -2.22. The molecular weight excluding hydrogens is 302 g/mol. The van der Waals surface area contributed by atoms with Crippen LogP contribution in [0, 0.1) is 10.1 Å². The number of nitro groups is 1. The van der Waals surface area contributed by atoms with Gasteiger partial charge in [-0.1, -0.05) is 11.6 Å². The van der Waals surface area contributed by atoms with E-state index >= 15 is 0 Å². The summed E-state index contributed by atoms with van der Waals surface area (Å²) in [4.78, 5) is 27.8. The topological polar surface area (TPSA) is 94.8 Å². The van der Waals surface area contributed by atoms with Gasteiger partial charge >= 0.3 is 5.69 Å². The smallest absolute Gasteiger partial charge is 0.319 e. The van der Waals surface area contributed by atoms with Gasteiger partial charge in [-0.05, 0) is 6.07 Å². The normalized spacial score (nSPS) is 10.4.